The molecule has 0 aromatic carbocycles. The molecule has 0 bridgehead atoms. The van der Waals surface area contributed by atoms with E-state index in [9.17, 15) is 43.5 Å². The molecule has 18 heteroatoms. The molecule has 0 aliphatic rings. The van der Waals surface area contributed by atoms with Crippen LogP contribution in [0.5, 0.6) is 0 Å². The topological polar surface area (TPSA) is 231 Å². The number of phosphoric ester groups is 2. The highest BCUT2D eigenvalue weighted by molar-refractivity contribution is 7.47. The highest BCUT2D eigenvalue weighted by atomic mass is 31.2. The predicted molar refractivity (Wildman–Crippen MR) is 362 cm³/mol. The van der Waals surface area contributed by atoms with E-state index >= 15 is 0 Å². The summed E-state index contributed by atoms with van der Waals surface area (Å²) in [6, 6.07) is 0. The first-order chi connectivity index (χ1) is 43.2. The molecule has 0 spiro atoms. The molecule has 0 fully saturated rings. The number of hydrogen-bond acceptors (Lipinski definition) is 14. The summed E-state index contributed by atoms with van der Waals surface area (Å²) in [5.41, 5.74) is 0. The van der Waals surface area contributed by atoms with E-state index in [-0.39, 0.29) is 19.3 Å². The number of allylic oxidation sites excluding steroid dienone is 12. The molecule has 4 N–H and O–H groups in total. The molecule has 0 rings (SSSR count). The normalized spacial score (nSPS) is 14.6. The molecule has 518 valence electrons. The average Bonchev–Trinajstić information content (AvgIpc) is 3.56. The molecule has 0 saturated heterocycles. The van der Waals surface area contributed by atoms with Gasteiger partial charge in [-0.1, -0.05) is 261 Å². The number of carbonyl (C=O) groups is 3. The first kappa shape index (κ1) is 86.0. The Morgan fingerprint density at radius 2 is 0.562 bits per heavy atom. The van der Waals surface area contributed by atoms with Gasteiger partial charge in [-0.15, -0.1) is 0 Å². The van der Waals surface area contributed by atoms with Gasteiger partial charge in [-0.25, -0.2) is 9.13 Å². The van der Waals surface area contributed by atoms with E-state index in [0.717, 1.165) is 116 Å². The van der Waals surface area contributed by atoms with Gasteiger partial charge in [-0.05, 0) is 96.3 Å². The molecule has 0 heterocycles. The number of ether oxygens (including phenoxy) is 3. The maximum Gasteiger partial charge on any atom is 0.472 e. The number of rotatable bonds is 67. The molecule has 0 aliphatic carbocycles. The SMILES string of the molecule is CCCCC/C=C\C/C=C\C/C=C\C/C=C\CCCCCCCCCCCCCC(=O)OCC(O)COP(=O)(O)OCC(O)COP(=O)(O)OCC(COC(=O)CCCCCCC/C=C\C/C=C\CCCCC)OC(=O)CCCCCCCCCCCCC. The molecule has 5 unspecified atom stereocenters. The van der Waals surface area contributed by atoms with Crippen LogP contribution in [0.15, 0.2) is 72.9 Å². The summed E-state index contributed by atoms with van der Waals surface area (Å²) in [6.07, 6.45) is 68.2. The Bertz CT molecular complexity index is 1920. The van der Waals surface area contributed by atoms with Crippen molar-refractivity contribution in [3.05, 3.63) is 72.9 Å². The summed E-state index contributed by atoms with van der Waals surface area (Å²) in [5.74, 6) is -1.58. The number of esters is 3. The quantitative estimate of drug-likeness (QED) is 0.0146. The molecular weight excluding hydrogens is 1170 g/mol. The molecular formula is C71H128O16P2. The van der Waals surface area contributed by atoms with Crippen molar-refractivity contribution >= 4 is 33.6 Å². The van der Waals surface area contributed by atoms with Gasteiger partial charge in [0.05, 0.1) is 26.4 Å². The van der Waals surface area contributed by atoms with Gasteiger partial charge in [0, 0.05) is 19.3 Å². The number of hydrogen-bond donors (Lipinski definition) is 4. The van der Waals surface area contributed by atoms with Gasteiger partial charge in [0.15, 0.2) is 6.10 Å². The minimum atomic E-state index is -4.92. The van der Waals surface area contributed by atoms with E-state index < -0.39 is 91.5 Å². The molecule has 0 aromatic heterocycles. The third-order valence-electron chi connectivity index (χ3n) is 14.9. The fraction of sp³-hybridized carbons (Fsp3) is 0.789. The molecule has 89 heavy (non-hydrogen) atoms. The zero-order valence-electron chi connectivity index (χ0n) is 56.1. The van der Waals surface area contributed by atoms with Gasteiger partial charge < -0.3 is 34.2 Å². The molecule has 0 radical (unpaired) electrons. The summed E-state index contributed by atoms with van der Waals surface area (Å²) in [5, 5.41) is 20.5. The largest absolute Gasteiger partial charge is 0.472 e. The van der Waals surface area contributed by atoms with Crippen LogP contribution in [0.25, 0.3) is 0 Å². The Labute approximate surface area is 541 Å². The minimum absolute atomic E-state index is 0.106. The lowest BCUT2D eigenvalue weighted by Gasteiger charge is -2.21. The average molecular weight is 1300 g/mol. The van der Waals surface area contributed by atoms with E-state index in [4.69, 9.17) is 32.3 Å². The third-order valence-corrected chi connectivity index (χ3v) is 16.8. The molecule has 0 aliphatic heterocycles. The molecule has 16 nitrogen and oxygen atoms in total. The first-order valence-electron chi connectivity index (χ1n) is 35.2. The Morgan fingerprint density at radius 1 is 0.315 bits per heavy atom. The van der Waals surface area contributed by atoms with Gasteiger partial charge in [0.1, 0.15) is 25.4 Å². The van der Waals surface area contributed by atoms with E-state index in [1.807, 2.05) is 0 Å². The van der Waals surface area contributed by atoms with Crippen LogP contribution in [0.2, 0.25) is 0 Å². The molecule has 0 aromatic rings. The lowest BCUT2D eigenvalue weighted by molar-refractivity contribution is -0.161. The number of aliphatic hydroxyl groups excluding tert-OH is 2. The van der Waals surface area contributed by atoms with Gasteiger partial charge >= 0.3 is 33.6 Å². The zero-order valence-corrected chi connectivity index (χ0v) is 57.9. The van der Waals surface area contributed by atoms with E-state index in [1.165, 1.54) is 128 Å². The van der Waals surface area contributed by atoms with Crippen LogP contribution in [0, 0.1) is 0 Å². The van der Waals surface area contributed by atoms with Crippen LogP contribution in [-0.4, -0.2) is 95.9 Å². The zero-order chi connectivity index (χ0) is 65.3. The van der Waals surface area contributed by atoms with Gasteiger partial charge in [-0.2, -0.15) is 0 Å². The van der Waals surface area contributed by atoms with Crippen LogP contribution < -0.4 is 0 Å². The number of carbonyl (C=O) groups excluding carboxylic acids is 3. The maximum atomic E-state index is 12.9. The van der Waals surface area contributed by atoms with Crippen molar-refractivity contribution in [2.45, 2.75) is 322 Å². The second kappa shape index (κ2) is 65.1. The fourth-order valence-corrected chi connectivity index (χ4v) is 11.1. The van der Waals surface area contributed by atoms with Crippen molar-refractivity contribution in [1.82, 2.24) is 0 Å². The number of aliphatic hydroxyl groups is 2. The second-order valence-electron chi connectivity index (χ2n) is 23.7. The maximum absolute atomic E-state index is 12.9. The second-order valence-corrected chi connectivity index (χ2v) is 26.6. The summed E-state index contributed by atoms with van der Waals surface area (Å²) in [6.45, 7) is 2.61. The van der Waals surface area contributed by atoms with Crippen molar-refractivity contribution in [1.29, 1.82) is 0 Å². The van der Waals surface area contributed by atoms with Crippen LogP contribution in [0.3, 0.4) is 0 Å². The fourth-order valence-electron chi connectivity index (χ4n) is 9.47. The van der Waals surface area contributed by atoms with Crippen LogP contribution in [0.1, 0.15) is 303 Å². The lowest BCUT2D eigenvalue weighted by Crippen LogP contribution is -2.30. The van der Waals surface area contributed by atoms with Gasteiger partial charge in [0.25, 0.3) is 0 Å². The van der Waals surface area contributed by atoms with Crippen LogP contribution >= 0.6 is 15.6 Å². The molecule has 5 atom stereocenters. The number of unbranched alkanes of at least 4 members (excludes halogenated alkanes) is 32. The summed E-state index contributed by atoms with van der Waals surface area (Å²) >= 11 is 0. The van der Waals surface area contributed by atoms with Gasteiger partial charge in [0.2, 0.25) is 0 Å². The standard InChI is InChI=1S/C71H128O16P2/c1-4-7-10-13-16-19-22-24-26-27-28-29-30-31-32-33-34-35-36-37-39-41-43-45-48-51-54-57-69(74)81-60-66(72)61-83-88(77,78)84-62-67(73)63-85-89(79,80)86-65-68(87-71(76)59-56-53-50-47-42-21-18-15-12-9-6-3)64-82-70(75)58-55-52-49-46-44-40-38-25-23-20-17-14-11-8-5-2/h16-17,19-20,24-26,28-29,31-32,38,66-68,72-73H,4-15,18,21-23,27,30,33-37,39-65H2,1-3H3,(H,77,78)(H,79,80)/b19-16-,20-17-,26-24-,29-28-,32-31-,38-25-. The molecule has 0 saturated carbocycles. The van der Waals surface area contributed by atoms with Gasteiger partial charge in [-0.3, -0.25) is 32.5 Å². The number of phosphoric acid groups is 2. The highest BCUT2D eigenvalue weighted by Crippen LogP contribution is 2.45. The Kier molecular flexibility index (Phi) is 62.9. The smallest absolute Gasteiger partial charge is 0.463 e. The van der Waals surface area contributed by atoms with Crippen LogP contribution in [-0.2, 0) is 55.8 Å². The van der Waals surface area contributed by atoms with Crippen molar-refractivity contribution in [2.75, 3.05) is 39.6 Å². The summed E-state index contributed by atoms with van der Waals surface area (Å²) in [4.78, 5) is 58.3. The monoisotopic (exact) mass is 1300 g/mol. The summed E-state index contributed by atoms with van der Waals surface area (Å²) < 4.78 is 60.8. The predicted octanol–water partition coefficient (Wildman–Crippen LogP) is 19.5. The molecule has 0 amide bonds. The van der Waals surface area contributed by atoms with Crippen molar-refractivity contribution in [2.24, 2.45) is 0 Å². The minimum Gasteiger partial charge on any atom is -0.463 e. The Balaban J connectivity index is 4.44. The van der Waals surface area contributed by atoms with E-state index in [1.54, 1.807) is 0 Å². The van der Waals surface area contributed by atoms with E-state index in [0.29, 0.717) is 19.3 Å². The van der Waals surface area contributed by atoms with Crippen molar-refractivity contribution in [3.8, 4) is 0 Å². The van der Waals surface area contributed by atoms with E-state index in [2.05, 4.69) is 93.7 Å². The van der Waals surface area contributed by atoms with Crippen LogP contribution in [0.4, 0.5) is 0 Å². The Hall–Kier alpha value is -3.01. The lowest BCUT2D eigenvalue weighted by atomic mass is 10.0. The third kappa shape index (κ3) is 66.3. The summed E-state index contributed by atoms with van der Waals surface area (Å²) in [7, 11) is -9.76. The van der Waals surface area contributed by atoms with Crippen molar-refractivity contribution in [3.63, 3.8) is 0 Å². The highest BCUT2D eigenvalue weighted by Gasteiger charge is 2.29. The Morgan fingerprint density at radius 3 is 0.910 bits per heavy atom. The first-order valence-corrected chi connectivity index (χ1v) is 38.2. The van der Waals surface area contributed by atoms with Crippen molar-refractivity contribution < 1.29 is 75.8 Å².